The standard InChI is InChI=1S/C10H14N2/c1-4-6-12-7-5-11-10(12)8-9(2)3/h1,5,7,9H,6,8H2,2-3H3. The Morgan fingerprint density at radius 2 is 2.42 bits per heavy atom. The monoisotopic (exact) mass is 162 g/mol. The van der Waals surface area contributed by atoms with Crippen LogP contribution in [0.3, 0.4) is 0 Å². The van der Waals surface area contributed by atoms with E-state index in [0.29, 0.717) is 12.5 Å². The number of imidazole rings is 1. The summed E-state index contributed by atoms with van der Waals surface area (Å²) >= 11 is 0. The minimum Gasteiger partial charge on any atom is -0.323 e. The zero-order valence-electron chi connectivity index (χ0n) is 7.62. The number of hydrogen-bond acceptors (Lipinski definition) is 1. The van der Waals surface area contributed by atoms with Crippen molar-refractivity contribution in [2.75, 3.05) is 0 Å². The molecule has 0 saturated carbocycles. The number of aromatic nitrogens is 2. The second-order valence-corrected chi connectivity index (χ2v) is 3.27. The van der Waals surface area contributed by atoms with E-state index in [9.17, 15) is 0 Å². The third-order valence-electron chi connectivity index (χ3n) is 1.65. The molecular formula is C10H14N2. The highest BCUT2D eigenvalue weighted by molar-refractivity contribution is 4.98. The number of rotatable bonds is 3. The van der Waals surface area contributed by atoms with E-state index in [4.69, 9.17) is 6.42 Å². The molecule has 1 aromatic rings. The summed E-state index contributed by atoms with van der Waals surface area (Å²) in [4.78, 5) is 4.24. The molecule has 0 fully saturated rings. The van der Waals surface area contributed by atoms with Gasteiger partial charge in [0.1, 0.15) is 5.82 Å². The van der Waals surface area contributed by atoms with E-state index >= 15 is 0 Å². The van der Waals surface area contributed by atoms with Crippen LogP contribution in [0.25, 0.3) is 0 Å². The SMILES string of the molecule is C#CCn1ccnc1CC(C)C. The number of hydrogen-bond donors (Lipinski definition) is 0. The molecule has 12 heavy (non-hydrogen) atoms. The molecule has 0 amide bonds. The fourth-order valence-electron chi connectivity index (χ4n) is 1.14. The highest BCUT2D eigenvalue weighted by Crippen LogP contribution is 2.05. The first-order chi connectivity index (χ1) is 5.74. The molecule has 0 saturated heterocycles. The van der Waals surface area contributed by atoms with Crippen LogP contribution >= 0.6 is 0 Å². The molecule has 0 radical (unpaired) electrons. The lowest BCUT2D eigenvalue weighted by molar-refractivity contribution is 0.595. The lowest BCUT2D eigenvalue weighted by atomic mass is 10.1. The van der Waals surface area contributed by atoms with Crippen molar-refractivity contribution in [3.05, 3.63) is 18.2 Å². The van der Waals surface area contributed by atoms with Crippen LogP contribution in [-0.4, -0.2) is 9.55 Å². The molecule has 0 N–H and O–H groups in total. The van der Waals surface area contributed by atoms with Crippen LogP contribution in [0.4, 0.5) is 0 Å². The Morgan fingerprint density at radius 3 is 3.00 bits per heavy atom. The smallest absolute Gasteiger partial charge is 0.109 e. The predicted octanol–water partition coefficient (Wildman–Crippen LogP) is 1.71. The maximum Gasteiger partial charge on any atom is 0.109 e. The Kier molecular flexibility index (Phi) is 2.93. The Hall–Kier alpha value is -1.23. The summed E-state index contributed by atoms with van der Waals surface area (Å²) in [6.45, 7) is 4.98. The van der Waals surface area contributed by atoms with Crippen molar-refractivity contribution in [2.45, 2.75) is 26.8 Å². The van der Waals surface area contributed by atoms with Gasteiger partial charge in [-0.3, -0.25) is 0 Å². The molecule has 0 unspecified atom stereocenters. The van der Waals surface area contributed by atoms with E-state index in [-0.39, 0.29) is 0 Å². The quantitative estimate of drug-likeness (QED) is 0.619. The molecule has 0 aliphatic heterocycles. The molecule has 0 bridgehead atoms. The normalized spacial score (nSPS) is 10.2. The molecule has 1 aromatic heterocycles. The van der Waals surface area contributed by atoms with Crippen LogP contribution in [0.5, 0.6) is 0 Å². The summed E-state index contributed by atoms with van der Waals surface area (Å²) in [5.74, 6) is 4.32. The van der Waals surface area contributed by atoms with Gasteiger partial charge in [-0.25, -0.2) is 4.98 Å². The molecule has 0 spiro atoms. The summed E-state index contributed by atoms with van der Waals surface area (Å²) in [5.41, 5.74) is 0. The third-order valence-corrected chi connectivity index (χ3v) is 1.65. The fraction of sp³-hybridized carbons (Fsp3) is 0.500. The average molecular weight is 162 g/mol. The lowest BCUT2D eigenvalue weighted by Crippen LogP contribution is -2.05. The van der Waals surface area contributed by atoms with E-state index in [1.54, 1.807) is 6.20 Å². The largest absolute Gasteiger partial charge is 0.323 e. The molecule has 0 atom stereocenters. The van der Waals surface area contributed by atoms with Crippen LogP contribution in [0.2, 0.25) is 0 Å². The van der Waals surface area contributed by atoms with Crippen molar-refractivity contribution < 1.29 is 0 Å². The highest BCUT2D eigenvalue weighted by Gasteiger charge is 2.03. The molecule has 1 rings (SSSR count). The molecule has 0 aliphatic rings. The summed E-state index contributed by atoms with van der Waals surface area (Å²) in [6.07, 6.45) is 9.94. The van der Waals surface area contributed by atoms with Crippen molar-refractivity contribution in [2.24, 2.45) is 5.92 Å². The Morgan fingerprint density at radius 1 is 1.67 bits per heavy atom. The molecule has 64 valence electrons. The topological polar surface area (TPSA) is 17.8 Å². The van der Waals surface area contributed by atoms with Gasteiger partial charge in [0.05, 0.1) is 6.54 Å². The maximum atomic E-state index is 5.22. The second-order valence-electron chi connectivity index (χ2n) is 3.27. The van der Waals surface area contributed by atoms with E-state index < -0.39 is 0 Å². The van der Waals surface area contributed by atoms with Gasteiger partial charge in [-0.05, 0) is 5.92 Å². The van der Waals surface area contributed by atoms with E-state index in [1.807, 2.05) is 10.8 Å². The summed E-state index contributed by atoms with van der Waals surface area (Å²) in [5, 5.41) is 0. The van der Waals surface area contributed by atoms with Gasteiger partial charge in [0.25, 0.3) is 0 Å². The van der Waals surface area contributed by atoms with E-state index in [0.717, 1.165) is 12.2 Å². The van der Waals surface area contributed by atoms with Crippen molar-refractivity contribution >= 4 is 0 Å². The predicted molar refractivity (Wildman–Crippen MR) is 49.6 cm³/mol. The first-order valence-corrected chi connectivity index (χ1v) is 4.17. The van der Waals surface area contributed by atoms with Gasteiger partial charge in [-0.2, -0.15) is 0 Å². The van der Waals surface area contributed by atoms with Crippen molar-refractivity contribution in [3.8, 4) is 12.3 Å². The van der Waals surface area contributed by atoms with Gasteiger partial charge >= 0.3 is 0 Å². The summed E-state index contributed by atoms with van der Waals surface area (Å²) in [7, 11) is 0. The average Bonchev–Trinajstić information content (AvgIpc) is 2.37. The van der Waals surface area contributed by atoms with E-state index in [1.165, 1.54) is 0 Å². The lowest BCUT2D eigenvalue weighted by Gasteiger charge is -2.05. The van der Waals surface area contributed by atoms with Crippen molar-refractivity contribution in [1.82, 2.24) is 9.55 Å². The number of nitrogens with zero attached hydrogens (tertiary/aromatic N) is 2. The van der Waals surface area contributed by atoms with Crippen molar-refractivity contribution in [1.29, 1.82) is 0 Å². The highest BCUT2D eigenvalue weighted by atomic mass is 15.0. The Labute approximate surface area is 73.6 Å². The van der Waals surface area contributed by atoms with Crippen LogP contribution < -0.4 is 0 Å². The molecular weight excluding hydrogens is 148 g/mol. The van der Waals surface area contributed by atoms with Gasteiger partial charge in [-0.15, -0.1) is 6.42 Å². The Bertz CT molecular complexity index is 278. The van der Waals surface area contributed by atoms with Crippen LogP contribution in [0.1, 0.15) is 19.7 Å². The second kappa shape index (κ2) is 3.96. The third kappa shape index (κ3) is 2.13. The van der Waals surface area contributed by atoms with Gasteiger partial charge in [0.15, 0.2) is 0 Å². The molecule has 0 aliphatic carbocycles. The first kappa shape index (κ1) is 8.86. The van der Waals surface area contributed by atoms with Gasteiger partial charge in [-0.1, -0.05) is 19.8 Å². The van der Waals surface area contributed by atoms with Crippen LogP contribution in [0.15, 0.2) is 12.4 Å². The fourth-order valence-corrected chi connectivity index (χ4v) is 1.14. The molecule has 2 nitrogen and oxygen atoms in total. The van der Waals surface area contributed by atoms with Crippen LogP contribution in [0, 0.1) is 18.3 Å². The van der Waals surface area contributed by atoms with Gasteiger partial charge in [0.2, 0.25) is 0 Å². The first-order valence-electron chi connectivity index (χ1n) is 4.17. The summed E-state index contributed by atoms with van der Waals surface area (Å²) < 4.78 is 2.01. The molecule has 1 heterocycles. The minimum atomic E-state index is 0.627. The zero-order valence-corrected chi connectivity index (χ0v) is 7.62. The van der Waals surface area contributed by atoms with Crippen molar-refractivity contribution in [3.63, 3.8) is 0 Å². The molecule has 2 heteroatoms. The zero-order chi connectivity index (χ0) is 8.97. The maximum absolute atomic E-state index is 5.22. The van der Waals surface area contributed by atoms with E-state index in [2.05, 4.69) is 24.8 Å². The molecule has 0 aromatic carbocycles. The number of terminal acetylenes is 1. The van der Waals surface area contributed by atoms with Crippen LogP contribution in [-0.2, 0) is 13.0 Å². The van der Waals surface area contributed by atoms with Gasteiger partial charge < -0.3 is 4.57 Å². The summed E-state index contributed by atoms with van der Waals surface area (Å²) in [6, 6.07) is 0. The Balaban J connectivity index is 2.71. The minimum absolute atomic E-state index is 0.627. The van der Waals surface area contributed by atoms with Gasteiger partial charge in [0, 0.05) is 18.8 Å².